The van der Waals surface area contributed by atoms with Crippen LogP contribution in [0.25, 0.3) is 10.2 Å². The predicted molar refractivity (Wildman–Crippen MR) is 56.9 cm³/mol. The maximum Gasteiger partial charge on any atom is 0.133 e. The van der Waals surface area contributed by atoms with Crippen molar-refractivity contribution in [2.45, 2.75) is 19.0 Å². The number of nitrogen functional groups attached to an aromatic ring is 1. The van der Waals surface area contributed by atoms with E-state index in [0.29, 0.717) is 11.0 Å². The van der Waals surface area contributed by atoms with E-state index in [1.165, 1.54) is 4.88 Å². The highest BCUT2D eigenvalue weighted by Gasteiger charge is 2.09. The van der Waals surface area contributed by atoms with Crippen molar-refractivity contribution < 1.29 is 0 Å². The van der Waals surface area contributed by atoms with Crippen LogP contribution in [-0.2, 0) is 12.6 Å². The van der Waals surface area contributed by atoms with Gasteiger partial charge >= 0.3 is 0 Å². The van der Waals surface area contributed by atoms with Gasteiger partial charge in [-0.3, -0.25) is 0 Å². The molecule has 0 saturated carbocycles. The van der Waals surface area contributed by atoms with Crippen molar-refractivity contribution in [3.63, 3.8) is 0 Å². The zero-order valence-corrected chi connectivity index (χ0v) is 8.92. The van der Waals surface area contributed by atoms with E-state index in [9.17, 15) is 0 Å². The second-order valence-electron chi connectivity index (χ2n) is 2.85. The number of hydrogen-bond acceptors (Lipinski definition) is 5. The summed E-state index contributed by atoms with van der Waals surface area (Å²) < 4.78 is 0. The Bertz CT molecular complexity index is 476. The number of rotatable bonds is 0. The molecule has 2 aromatic rings. The number of nitrogens with zero attached hydrogens (tertiary/aromatic N) is 2. The molecule has 68 valence electrons. The highest BCUT2D eigenvalue weighted by Crippen LogP contribution is 2.31. The molecule has 5 heteroatoms. The van der Waals surface area contributed by atoms with Gasteiger partial charge in [-0.15, -0.1) is 11.3 Å². The molecule has 0 fully saturated rings. The summed E-state index contributed by atoms with van der Waals surface area (Å²) in [6, 6.07) is 0. The average molecular weight is 210 g/mol. The van der Waals surface area contributed by atoms with Gasteiger partial charge < -0.3 is 18.4 Å². The Balaban J connectivity index is 2.94. The molecule has 0 aliphatic carbocycles. The molecule has 2 heterocycles. The van der Waals surface area contributed by atoms with Gasteiger partial charge in [-0.2, -0.15) is 0 Å². The van der Waals surface area contributed by atoms with Crippen molar-refractivity contribution >= 4 is 40.0 Å². The quantitative estimate of drug-likeness (QED) is 0.532. The van der Waals surface area contributed by atoms with Crippen molar-refractivity contribution in [1.29, 1.82) is 0 Å². The fourth-order valence-corrected chi connectivity index (χ4v) is 2.54. The van der Waals surface area contributed by atoms with E-state index in [0.717, 1.165) is 15.8 Å². The minimum atomic E-state index is 0.325. The molecule has 13 heavy (non-hydrogen) atoms. The second-order valence-corrected chi connectivity index (χ2v) is 4.42. The molecule has 2 N–H and O–H groups in total. The minimum absolute atomic E-state index is 0.325. The summed E-state index contributed by atoms with van der Waals surface area (Å²) >= 11 is 6.49. The summed E-state index contributed by atoms with van der Waals surface area (Å²) in [6.07, 6.45) is 0. The topological polar surface area (TPSA) is 51.8 Å². The molecular weight excluding hydrogens is 202 g/mol. The van der Waals surface area contributed by atoms with Crippen LogP contribution in [0.4, 0.5) is 5.82 Å². The van der Waals surface area contributed by atoms with Gasteiger partial charge in [0.15, 0.2) is 0 Å². The Labute approximate surface area is 85.4 Å². The molecule has 2 rings (SSSR count). The van der Waals surface area contributed by atoms with Crippen molar-refractivity contribution in [3.05, 3.63) is 10.4 Å². The van der Waals surface area contributed by atoms with Gasteiger partial charge in [0.1, 0.15) is 10.6 Å². The molecule has 0 bridgehead atoms. The Morgan fingerprint density at radius 3 is 2.69 bits per heavy atom. The summed E-state index contributed by atoms with van der Waals surface area (Å²) in [5.41, 5.74) is 6.92. The zero-order valence-electron chi connectivity index (χ0n) is 7.29. The molecule has 0 radical (unpaired) electrons. The lowest BCUT2D eigenvalue weighted by Gasteiger charge is -2.04. The monoisotopic (exact) mass is 210 g/mol. The highest BCUT2D eigenvalue weighted by molar-refractivity contribution is 7.58. The van der Waals surface area contributed by atoms with E-state index in [2.05, 4.69) is 9.97 Å². The lowest BCUT2D eigenvalue weighted by atomic mass is 10.2. The molecule has 2 aromatic heterocycles. The van der Waals surface area contributed by atoms with E-state index in [4.69, 9.17) is 18.4 Å². The van der Waals surface area contributed by atoms with Crippen molar-refractivity contribution in [1.82, 2.24) is 9.97 Å². The van der Waals surface area contributed by atoms with Crippen molar-refractivity contribution in [2.75, 3.05) is 5.73 Å². The number of aromatic nitrogens is 2. The SMILES string of the molecule is Cc1sc2nc([S-])nc(N)c2c1C. The summed E-state index contributed by atoms with van der Waals surface area (Å²) in [6.45, 7) is 4.07. The largest absolute Gasteiger partial charge is 0.740 e. The predicted octanol–water partition coefficient (Wildman–Crippen LogP) is 1.80. The maximum atomic E-state index is 5.76. The molecule has 3 nitrogen and oxygen atoms in total. The smallest absolute Gasteiger partial charge is 0.133 e. The molecule has 0 aliphatic rings. The van der Waals surface area contributed by atoms with Gasteiger partial charge in [-0.25, -0.2) is 9.97 Å². The molecule has 0 spiro atoms. The number of thiophene rings is 1. The van der Waals surface area contributed by atoms with E-state index in [1.54, 1.807) is 11.3 Å². The van der Waals surface area contributed by atoms with Crippen LogP contribution in [-0.4, -0.2) is 9.97 Å². The Hall–Kier alpha value is -0.940. The Morgan fingerprint density at radius 1 is 1.31 bits per heavy atom. The summed E-state index contributed by atoms with van der Waals surface area (Å²) in [4.78, 5) is 10.2. The van der Waals surface area contributed by atoms with Crippen LogP contribution in [0.1, 0.15) is 10.4 Å². The maximum absolute atomic E-state index is 5.76. The van der Waals surface area contributed by atoms with Gasteiger partial charge in [0.05, 0.1) is 5.39 Å². The summed E-state index contributed by atoms with van der Waals surface area (Å²) in [7, 11) is 0. The zero-order chi connectivity index (χ0) is 9.59. The average Bonchev–Trinajstić information content (AvgIpc) is 2.27. The number of anilines is 1. The van der Waals surface area contributed by atoms with Gasteiger partial charge in [-0.1, -0.05) is 0 Å². The summed E-state index contributed by atoms with van der Waals surface area (Å²) in [5, 5.41) is 1.28. The molecule has 0 aromatic carbocycles. The van der Waals surface area contributed by atoms with Crippen LogP contribution in [0.15, 0.2) is 5.16 Å². The molecule has 0 aliphatic heterocycles. The van der Waals surface area contributed by atoms with Crippen LogP contribution in [0.3, 0.4) is 0 Å². The van der Waals surface area contributed by atoms with Gasteiger partial charge in [-0.05, 0) is 19.4 Å². The van der Waals surface area contributed by atoms with Gasteiger partial charge in [0.25, 0.3) is 0 Å². The Kier molecular flexibility index (Phi) is 1.85. The molecule has 0 saturated heterocycles. The third kappa shape index (κ3) is 1.24. The first kappa shape index (κ1) is 8.65. The van der Waals surface area contributed by atoms with Crippen LogP contribution in [0.2, 0.25) is 0 Å². The first-order valence-electron chi connectivity index (χ1n) is 3.80. The van der Waals surface area contributed by atoms with Crippen LogP contribution in [0.5, 0.6) is 0 Å². The fraction of sp³-hybridized carbons (Fsp3) is 0.250. The van der Waals surface area contributed by atoms with Crippen molar-refractivity contribution in [2.24, 2.45) is 0 Å². The van der Waals surface area contributed by atoms with Gasteiger partial charge in [0, 0.05) is 10.0 Å². The number of nitrogens with two attached hydrogens (primary N) is 1. The van der Waals surface area contributed by atoms with Gasteiger partial charge in [0.2, 0.25) is 0 Å². The second kappa shape index (κ2) is 2.78. The third-order valence-corrected chi connectivity index (χ3v) is 3.32. The van der Waals surface area contributed by atoms with E-state index >= 15 is 0 Å². The highest BCUT2D eigenvalue weighted by atomic mass is 32.1. The van der Waals surface area contributed by atoms with E-state index in [-0.39, 0.29) is 0 Å². The molecule has 0 unspecified atom stereocenters. The Morgan fingerprint density at radius 2 is 2.00 bits per heavy atom. The number of hydrogen-bond donors (Lipinski definition) is 1. The molecular formula is C8H8N3S2-. The lowest BCUT2D eigenvalue weighted by molar-refractivity contribution is 1.02. The standard InChI is InChI=1S/C8H9N3S2/c1-3-4(2)13-7-5(3)6(9)10-8(12)11-7/h1-2H3,(H3,9,10,11,12)/p-1. The summed E-state index contributed by atoms with van der Waals surface area (Å²) in [5.74, 6) is 0.497. The molecule has 0 atom stereocenters. The van der Waals surface area contributed by atoms with Crippen LogP contribution in [0, 0.1) is 13.8 Å². The first-order valence-corrected chi connectivity index (χ1v) is 5.02. The fourth-order valence-electron chi connectivity index (χ4n) is 1.26. The number of aryl methyl sites for hydroxylation is 2. The van der Waals surface area contributed by atoms with Crippen LogP contribution < -0.4 is 5.73 Å². The normalized spacial score (nSPS) is 10.9. The first-order chi connectivity index (χ1) is 6.09. The number of fused-ring (bicyclic) bond motifs is 1. The third-order valence-electron chi connectivity index (χ3n) is 2.04. The van der Waals surface area contributed by atoms with Crippen LogP contribution >= 0.6 is 11.3 Å². The molecule has 0 amide bonds. The van der Waals surface area contributed by atoms with E-state index in [1.807, 2.05) is 13.8 Å². The lowest BCUT2D eigenvalue weighted by Crippen LogP contribution is -1.95. The minimum Gasteiger partial charge on any atom is -0.740 e. The van der Waals surface area contributed by atoms with Crippen molar-refractivity contribution in [3.8, 4) is 0 Å². The van der Waals surface area contributed by atoms with E-state index < -0.39 is 0 Å².